The van der Waals surface area contributed by atoms with Crippen LogP contribution in [0.4, 0.5) is 0 Å². The smallest absolute Gasteiger partial charge is 0.430 e. The molecule has 1 aromatic carbocycles. The molecule has 1 unspecified atom stereocenters. The number of aromatic nitrogens is 3. The van der Waals surface area contributed by atoms with Crippen molar-refractivity contribution in [3.8, 4) is 11.5 Å². The summed E-state index contributed by atoms with van der Waals surface area (Å²) in [6.45, 7) is -2.68. The number of carboxylic acid groups (broad SMARTS) is 1. The average Bonchev–Trinajstić information content (AvgIpc) is 3.16. The fourth-order valence-corrected chi connectivity index (χ4v) is 3.39. The van der Waals surface area contributed by atoms with Crippen molar-refractivity contribution < 1.29 is 34.1 Å². The van der Waals surface area contributed by atoms with Crippen LogP contribution in [-0.2, 0) is 11.2 Å². The highest BCUT2D eigenvalue weighted by Crippen LogP contribution is 2.39. The second kappa shape index (κ2) is 7.02. The standard InChI is InChI=1S/C16H19BN5O7/c18-13(10-5-19-21-20-10)15(23)22-6-9(7-22)28-11-2-1-8-3-4-17(26,27)29-14(8)12(11)16(24)25/h1-2,5,9,13,26-27H,3-4,6-7,18H2,(H,24,25)(H,19,20,21)/q-1. The molecule has 3 heterocycles. The summed E-state index contributed by atoms with van der Waals surface area (Å²) in [5.74, 6) is -1.74. The van der Waals surface area contributed by atoms with Crippen molar-refractivity contribution in [3.63, 3.8) is 0 Å². The van der Waals surface area contributed by atoms with E-state index in [0.29, 0.717) is 11.3 Å². The number of carbonyl (C=O) groups is 2. The molecule has 0 saturated carbocycles. The van der Waals surface area contributed by atoms with Crippen LogP contribution in [0.3, 0.4) is 0 Å². The third-order valence-corrected chi connectivity index (χ3v) is 4.98. The molecule has 0 aliphatic carbocycles. The van der Waals surface area contributed by atoms with Gasteiger partial charge in [-0.25, -0.2) is 4.79 Å². The Morgan fingerprint density at radius 1 is 1.38 bits per heavy atom. The fraction of sp³-hybridized carbons (Fsp3) is 0.375. The number of nitrogens with zero attached hydrogens (tertiary/aromatic N) is 3. The van der Waals surface area contributed by atoms with Crippen LogP contribution in [0.15, 0.2) is 18.3 Å². The molecule has 0 spiro atoms. The maximum Gasteiger partial charge on any atom is 0.430 e. The van der Waals surface area contributed by atoms with E-state index >= 15 is 0 Å². The van der Waals surface area contributed by atoms with Crippen molar-refractivity contribution in [2.45, 2.75) is 24.9 Å². The maximum atomic E-state index is 12.4. The number of carbonyl (C=O) groups excluding carboxylic acids is 1. The van der Waals surface area contributed by atoms with Gasteiger partial charge in [-0.2, -0.15) is 15.4 Å². The van der Waals surface area contributed by atoms with E-state index in [1.54, 1.807) is 6.07 Å². The van der Waals surface area contributed by atoms with Crippen LogP contribution in [0.25, 0.3) is 0 Å². The number of nitrogens with two attached hydrogens (primary N) is 1. The summed E-state index contributed by atoms with van der Waals surface area (Å²) in [4.78, 5) is 25.6. The summed E-state index contributed by atoms with van der Waals surface area (Å²) < 4.78 is 10.9. The second-order valence-electron chi connectivity index (χ2n) is 7.10. The topological polar surface area (TPSA) is 184 Å². The minimum Gasteiger partial charge on any atom is -0.669 e. The largest absolute Gasteiger partial charge is 0.669 e. The molecular formula is C16H19BN5O7-. The molecule has 1 aromatic heterocycles. The maximum absolute atomic E-state index is 12.4. The Kier molecular flexibility index (Phi) is 4.64. The van der Waals surface area contributed by atoms with Crippen LogP contribution >= 0.6 is 0 Å². The summed E-state index contributed by atoms with van der Waals surface area (Å²) >= 11 is 0. The number of likely N-dealkylation sites (tertiary alicyclic amines) is 1. The number of hydrogen-bond acceptors (Lipinski definition) is 9. The second-order valence-corrected chi connectivity index (χ2v) is 7.10. The fourth-order valence-electron chi connectivity index (χ4n) is 3.39. The van der Waals surface area contributed by atoms with Crippen LogP contribution < -0.4 is 15.1 Å². The van der Waals surface area contributed by atoms with Crippen molar-refractivity contribution in [2.75, 3.05) is 13.1 Å². The van der Waals surface area contributed by atoms with Gasteiger partial charge in [0.15, 0.2) is 0 Å². The Labute approximate surface area is 164 Å². The molecule has 1 atom stereocenters. The van der Waals surface area contributed by atoms with E-state index in [2.05, 4.69) is 15.4 Å². The van der Waals surface area contributed by atoms with Crippen molar-refractivity contribution in [3.05, 3.63) is 35.2 Å². The monoisotopic (exact) mass is 404 g/mol. The number of rotatable bonds is 5. The predicted octanol–water partition coefficient (Wildman–Crippen LogP) is -1.35. The average molecular weight is 404 g/mol. The molecular weight excluding hydrogens is 385 g/mol. The van der Waals surface area contributed by atoms with Crippen LogP contribution in [0.1, 0.15) is 27.7 Å². The van der Waals surface area contributed by atoms with Gasteiger partial charge in [0.1, 0.15) is 29.2 Å². The lowest BCUT2D eigenvalue weighted by Gasteiger charge is -2.41. The molecule has 4 rings (SSSR count). The number of aryl methyl sites for hydroxylation is 1. The van der Waals surface area contributed by atoms with Crippen molar-refractivity contribution in [1.29, 1.82) is 0 Å². The van der Waals surface area contributed by atoms with Crippen LogP contribution in [-0.4, -0.2) is 73.3 Å². The molecule has 0 radical (unpaired) electrons. The van der Waals surface area contributed by atoms with Crippen LogP contribution in [0.2, 0.25) is 6.32 Å². The lowest BCUT2D eigenvalue weighted by atomic mass is 9.70. The highest BCUT2D eigenvalue weighted by molar-refractivity contribution is 6.59. The van der Waals surface area contributed by atoms with Gasteiger partial charge in [0.05, 0.1) is 25.0 Å². The lowest BCUT2D eigenvalue weighted by Crippen LogP contribution is -2.58. The zero-order valence-electron chi connectivity index (χ0n) is 15.2. The molecule has 2 aliphatic rings. The van der Waals surface area contributed by atoms with E-state index in [-0.39, 0.29) is 48.8 Å². The zero-order valence-corrected chi connectivity index (χ0v) is 15.2. The molecule has 154 valence electrons. The summed E-state index contributed by atoms with van der Waals surface area (Å²) in [5, 5.41) is 39.0. The number of fused-ring (bicyclic) bond motifs is 1. The molecule has 6 N–H and O–H groups in total. The van der Waals surface area contributed by atoms with Gasteiger partial charge in [-0.15, -0.1) is 0 Å². The predicted molar refractivity (Wildman–Crippen MR) is 97.0 cm³/mol. The van der Waals surface area contributed by atoms with Crippen molar-refractivity contribution in [1.82, 2.24) is 20.3 Å². The van der Waals surface area contributed by atoms with Crippen molar-refractivity contribution >= 4 is 18.6 Å². The van der Waals surface area contributed by atoms with Crippen LogP contribution in [0.5, 0.6) is 11.5 Å². The minimum absolute atomic E-state index is 0.0161. The SMILES string of the molecule is NC(C(=O)N1CC(Oc2ccc3c(c2C(=O)O)O[B-](O)(O)CC3)C1)c1cn[nH]n1. The highest BCUT2D eigenvalue weighted by atomic mass is 16.6. The first-order valence-corrected chi connectivity index (χ1v) is 9.00. The zero-order chi connectivity index (χ0) is 20.8. The first kappa shape index (κ1) is 19.2. The number of aromatic amines is 1. The molecule has 2 aliphatic heterocycles. The number of H-pyrrole nitrogens is 1. The van der Waals surface area contributed by atoms with E-state index in [0.717, 1.165) is 0 Å². The Morgan fingerprint density at radius 3 is 2.79 bits per heavy atom. The van der Waals surface area contributed by atoms with E-state index in [1.165, 1.54) is 17.2 Å². The van der Waals surface area contributed by atoms with Gasteiger partial charge in [0.2, 0.25) is 5.91 Å². The number of hydrogen-bond donors (Lipinski definition) is 5. The Morgan fingerprint density at radius 2 is 2.14 bits per heavy atom. The Hall–Kier alpha value is -3.16. The Balaban J connectivity index is 1.46. The van der Waals surface area contributed by atoms with E-state index in [1.807, 2.05) is 0 Å². The third kappa shape index (κ3) is 3.62. The number of nitrogens with one attached hydrogen (secondary N) is 1. The van der Waals surface area contributed by atoms with E-state index < -0.39 is 24.9 Å². The number of carboxylic acids is 1. The Bertz CT molecular complexity index is 945. The van der Waals surface area contributed by atoms with Gasteiger partial charge in [-0.05, 0) is 18.1 Å². The normalized spacial score (nSPS) is 18.9. The van der Waals surface area contributed by atoms with Gasteiger partial charge < -0.3 is 35.2 Å². The quantitative estimate of drug-likeness (QED) is 0.373. The van der Waals surface area contributed by atoms with E-state index in [4.69, 9.17) is 15.1 Å². The first-order chi connectivity index (χ1) is 13.7. The molecule has 1 amide bonds. The van der Waals surface area contributed by atoms with E-state index in [9.17, 15) is 24.7 Å². The molecule has 12 nitrogen and oxygen atoms in total. The summed E-state index contributed by atoms with van der Waals surface area (Å²) in [5.41, 5.74) is 6.46. The summed E-state index contributed by atoms with van der Waals surface area (Å²) in [7, 11) is 0. The molecule has 29 heavy (non-hydrogen) atoms. The number of ether oxygens (including phenoxy) is 1. The molecule has 13 heteroatoms. The minimum atomic E-state index is -3.11. The van der Waals surface area contributed by atoms with Gasteiger partial charge in [-0.1, -0.05) is 12.4 Å². The highest BCUT2D eigenvalue weighted by Gasteiger charge is 2.38. The van der Waals surface area contributed by atoms with Gasteiger partial charge in [-0.3, -0.25) is 4.79 Å². The first-order valence-electron chi connectivity index (χ1n) is 9.00. The third-order valence-electron chi connectivity index (χ3n) is 4.98. The van der Waals surface area contributed by atoms with Crippen molar-refractivity contribution in [2.24, 2.45) is 5.73 Å². The molecule has 2 aromatic rings. The summed E-state index contributed by atoms with van der Waals surface area (Å²) in [6.07, 6.45) is 1.18. The van der Waals surface area contributed by atoms with Gasteiger partial charge in [0, 0.05) is 0 Å². The number of aromatic carboxylic acids is 1. The van der Waals surface area contributed by atoms with Crippen LogP contribution in [0, 0.1) is 0 Å². The molecule has 0 bridgehead atoms. The summed E-state index contributed by atoms with van der Waals surface area (Å²) in [6, 6.07) is 2.18. The number of benzene rings is 1. The number of amides is 1. The molecule has 1 fully saturated rings. The van der Waals surface area contributed by atoms with Gasteiger partial charge >= 0.3 is 12.7 Å². The van der Waals surface area contributed by atoms with Gasteiger partial charge in [0.25, 0.3) is 0 Å². The molecule has 1 saturated heterocycles. The lowest BCUT2D eigenvalue weighted by molar-refractivity contribution is -0.141.